The van der Waals surface area contributed by atoms with Crippen molar-refractivity contribution in [3.8, 4) is 0 Å². The van der Waals surface area contributed by atoms with Crippen molar-refractivity contribution in [3.05, 3.63) is 0 Å². The van der Waals surface area contributed by atoms with Crippen LogP contribution in [0, 0.1) is 5.41 Å². The molecule has 2 rings (SSSR count). The Morgan fingerprint density at radius 3 is 2.50 bits per heavy atom. The van der Waals surface area contributed by atoms with Crippen molar-refractivity contribution in [2.24, 2.45) is 5.41 Å². The minimum Gasteiger partial charge on any atom is -0.300 e. The molecule has 0 radical (unpaired) electrons. The van der Waals surface area contributed by atoms with Crippen molar-refractivity contribution >= 4 is 15.9 Å². The summed E-state index contributed by atoms with van der Waals surface area (Å²) in [7, 11) is 0. The summed E-state index contributed by atoms with van der Waals surface area (Å²) in [6.45, 7) is 5.11. The molecule has 1 aliphatic heterocycles. The van der Waals surface area contributed by atoms with Crippen LogP contribution in [0.4, 0.5) is 0 Å². The molecule has 0 bridgehead atoms. The molecule has 1 aliphatic carbocycles. The second kappa shape index (κ2) is 5.86. The van der Waals surface area contributed by atoms with E-state index in [2.05, 4.69) is 27.8 Å². The van der Waals surface area contributed by atoms with Gasteiger partial charge in [-0.15, -0.1) is 0 Å². The second-order valence-corrected chi connectivity index (χ2v) is 6.57. The minimum atomic E-state index is 0.601. The normalized spacial score (nSPS) is 31.5. The molecule has 0 amide bonds. The SMILES string of the molecule is CC1CCCCN1CC1(CBr)CCCCC1. The van der Waals surface area contributed by atoms with Gasteiger partial charge in [0.15, 0.2) is 0 Å². The fourth-order valence-corrected chi connectivity index (χ4v) is 4.20. The first-order valence-electron chi connectivity index (χ1n) is 7.06. The molecule has 1 saturated heterocycles. The molecule has 2 aliphatic rings. The highest BCUT2D eigenvalue weighted by Gasteiger charge is 2.34. The minimum absolute atomic E-state index is 0.601. The Morgan fingerprint density at radius 1 is 1.12 bits per heavy atom. The third kappa shape index (κ3) is 3.01. The van der Waals surface area contributed by atoms with Crippen LogP contribution >= 0.6 is 15.9 Å². The molecule has 0 N–H and O–H groups in total. The lowest BCUT2D eigenvalue weighted by Crippen LogP contribution is -2.46. The lowest BCUT2D eigenvalue weighted by Gasteiger charge is -2.43. The second-order valence-electron chi connectivity index (χ2n) is 6.01. The summed E-state index contributed by atoms with van der Waals surface area (Å²) in [5, 5.41) is 1.21. The van der Waals surface area contributed by atoms with Gasteiger partial charge in [0.1, 0.15) is 0 Å². The molecule has 0 aromatic rings. The zero-order chi connectivity index (χ0) is 11.4. The Kier molecular flexibility index (Phi) is 4.72. The predicted octanol–water partition coefficient (Wildman–Crippen LogP) is 4.21. The molecule has 1 heterocycles. The van der Waals surface area contributed by atoms with Gasteiger partial charge >= 0.3 is 0 Å². The Hall–Kier alpha value is 0.440. The van der Waals surface area contributed by atoms with Gasteiger partial charge in [-0.1, -0.05) is 41.6 Å². The summed E-state index contributed by atoms with van der Waals surface area (Å²) in [5.74, 6) is 0. The van der Waals surface area contributed by atoms with Crippen molar-refractivity contribution < 1.29 is 0 Å². The molecule has 1 saturated carbocycles. The van der Waals surface area contributed by atoms with Gasteiger partial charge in [-0.3, -0.25) is 0 Å². The van der Waals surface area contributed by atoms with Crippen LogP contribution in [0.15, 0.2) is 0 Å². The molecular formula is C14H26BrN. The van der Waals surface area contributed by atoms with Crippen molar-refractivity contribution in [3.63, 3.8) is 0 Å². The van der Waals surface area contributed by atoms with Crippen molar-refractivity contribution in [2.45, 2.75) is 64.3 Å². The van der Waals surface area contributed by atoms with Crippen LogP contribution in [0.2, 0.25) is 0 Å². The highest BCUT2D eigenvalue weighted by Crippen LogP contribution is 2.39. The van der Waals surface area contributed by atoms with Gasteiger partial charge in [0.2, 0.25) is 0 Å². The van der Waals surface area contributed by atoms with Gasteiger partial charge in [-0.2, -0.15) is 0 Å². The molecule has 0 spiro atoms. The highest BCUT2D eigenvalue weighted by atomic mass is 79.9. The third-order valence-corrected chi connectivity index (χ3v) is 5.87. The maximum Gasteiger partial charge on any atom is 0.0100 e. The van der Waals surface area contributed by atoms with Crippen LogP contribution in [0.5, 0.6) is 0 Å². The zero-order valence-electron chi connectivity index (χ0n) is 10.7. The number of hydrogen-bond acceptors (Lipinski definition) is 1. The van der Waals surface area contributed by atoms with Crippen molar-refractivity contribution in [1.29, 1.82) is 0 Å². The van der Waals surface area contributed by atoms with Gasteiger partial charge in [0, 0.05) is 17.9 Å². The van der Waals surface area contributed by atoms with Crippen LogP contribution in [-0.4, -0.2) is 29.4 Å². The fraction of sp³-hybridized carbons (Fsp3) is 1.00. The molecule has 2 fully saturated rings. The van der Waals surface area contributed by atoms with E-state index in [0.29, 0.717) is 5.41 Å². The summed E-state index contributed by atoms with van der Waals surface area (Å²) in [6, 6.07) is 0.826. The summed E-state index contributed by atoms with van der Waals surface area (Å²) in [4.78, 5) is 2.76. The molecule has 0 aromatic carbocycles. The number of nitrogens with zero attached hydrogens (tertiary/aromatic N) is 1. The quantitative estimate of drug-likeness (QED) is 0.703. The smallest absolute Gasteiger partial charge is 0.0100 e. The van der Waals surface area contributed by atoms with Crippen LogP contribution < -0.4 is 0 Å². The number of likely N-dealkylation sites (tertiary alicyclic amines) is 1. The Balaban J connectivity index is 1.93. The van der Waals surface area contributed by atoms with Crippen LogP contribution in [0.25, 0.3) is 0 Å². The van der Waals surface area contributed by atoms with Gasteiger partial charge in [0.05, 0.1) is 0 Å². The maximum atomic E-state index is 3.79. The van der Waals surface area contributed by atoms with Crippen molar-refractivity contribution in [2.75, 3.05) is 18.4 Å². The van der Waals surface area contributed by atoms with Crippen LogP contribution in [-0.2, 0) is 0 Å². The van der Waals surface area contributed by atoms with Gasteiger partial charge in [-0.05, 0) is 44.6 Å². The topological polar surface area (TPSA) is 3.24 Å². The number of alkyl halides is 1. The summed E-state index contributed by atoms with van der Waals surface area (Å²) < 4.78 is 0. The Labute approximate surface area is 109 Å². The third-order valence-electron chi connectivity index (χ3n) is 4.68. The molecule has 1 nitrogen and oxygen atoms in total. The maximum absolute atomic E-state index is 3.79. The average molecular weight is 288 g/mol. The molecule has 94 valence electrons. The van der Waals surface area contributed by atoms with Crippen LogP contribution in [0.3, 0.4) is 0 Å². The first-order chi connectivity index (χ1) is 7.76. The van der Waals surface area contributed by atoms with Gasteiger partial charge in [-0.25, -0.2) is 0 Å². The van der Waals surface area contributed by atoms with E-state index in [1.165, 1.54) is 69.8 Å². The first kappa shape index (κ1) is 12.9. The summed E-state index contributed by atoms with van der Waals surface area (Å²) in [5.41, 5.74) is 0.601. The van der Waals surface area contributed by atoms with E-state index in [-0.39, 0.29) is 0 Å². The summed E-state index contributed by atoms with van der Waals surface area (Å²) in [6.07, 6.45) is 11.5. The van der Waals surface area contributed by atoms with E-state index >= 15 is 0 Å². The lowest BCUT2D eigenvalue weighted by molar-refractivity contribution is 0.0768. The number of piperidine rings is 1. The number of rotatable bonds is 3. The monoisotopic (exact) mass is 287 g/mol. The Morgan fingerprint density at radius 2 is 1.88 bits per heavy atom. The van der Waals surface area contributed by atoms with Crippen molar-refractivity contribution in [1.82, 2.24) is 4.90 Å². The van der Waals surface area contributed by atoms with Gasteiger partial charge in [0.25, 0.3) is 0 Å². The number of halogens is 1. The van der Waals surface area contributed by atoms with E-state index in [9.17, 15) is 0 Å². The fourth-order valence-electron chi connectivity index (χ4n) is 3.46. The van der Waals surface area contributed by atoms with E-state index in [1.807, 2.05) is 0 Å². The standard InChI is InChI=1S/C14H26BrN/c1-13-7-3-6-10-16(13)12-14(11-15)8-4-2-5-9-14/h13H,2-12H2,1H3. The average Bonchev–Trinajstić information content (AvgIpc) is 2.33. The van der Waals surface area contributed by atoms with E-state index in [1.54, 1.807) is 0 Å². The highest BCUT2D eigenvalue weighted by molar-refractivity contribution is 9.09. The molecule has 1 atom stereocenters. The predicted molar refractivity (Wildman–Crippen MR) is 74.2 cm³/mol. The van der Waals surface area contributed by atoms with E-state index in [4.69, 9.17) is 0 Å². The molecule has 16 heavy (non-hydrogen) atoms. The van der Waals surface area contributed by atoms with E-state index < -0.39 is 0 Å². The Bertz CT molecular complexity index is 211. The largest absolute Gasteiger partial charge is 0.300 e. The van der Waals surface area contributed by atoms with Gasteiger partial charge < -0.3 is 4.90 Å². The lowest BCUT2D eigenvalue weighted by atomic mass is 9.75. The molecule has 2 heteroatoms. The molecule has 0 aromatic heterocycles. The zero-order valence-corrected chi connectivity index (χ0v) is 12.3. The first-order valence-corrected chi connectivity index (χ1v) is 8.18. The van der Waals surface area contributed by atoms with Crippen LogP contribution in [0.1, 0.15) is 58.3 Å². The molecule has 1 unspecified atom stereocenters. The number of hydrogen-bond donors (Lipinski definition) is 0. The van der Waals surface area contributed by atoms with E-state index in [0.717, 1.165) is 6.04 Å². The summed E-state index contributed by atoms with van der Waals surface area (Å²) >= 11 is 3.79. The molecular weight excluding hydrogens is 262 g/mol.